The van der Waals surface area contributed by atoms with Crippen LogP contribution in [0.1, 0.15) is 30.0 Å². The Labute approximate surface area is 135 Å². The van der Waals surface area contributed by atoms with Gasteiger partial charge in [-0.25, -0.2) is 0 Å². The average molecular weight is 313 g/mol. The molecule has 1 aromatic carbocycles. The zero-order chi connectivity index (χ0) is 15.4. The molecule has 3 rings (SSSR count). The second-order valence-corrected chi connectivity index (χ2v) is 5.80. The number of nitrogens with zero attached hydrogens (tertiary/aromatic N) is 2. The normalized spacial score (nSPS) is 18.0. The van der Waals surface area contributed by atoms with Crippen LogP contribution < -0.4 is 0 Å². The Morgan fingerprint density at radius 3 is 2.82 bits per heavy atom. The average Bonchev–Trinajstić information content (AvgIpc) is 3.04. The van der Waals surface area contributed by atoms with Crippen molar-refractivity contribution in [2.45, 2.75) is 18.9 Å². The van der Waals surface area contributed by atoms with E-state index >= 15 is 0 Å². The molecule has 0 unspecified atom stereocenters. The van der Waals surface area contributed by atoms with E-state index in [1.807, 2.05) is 47.4 Å². The summed E-state index contributed by atoms with van der Waals surface area (Å²) in [7, 11) is 0. The third-order valence-corrected chi connectivity index (χ3v) is 4.15. The topological polar surface area (TPSA) is 33.2 Å². The van der Waals surface area contributed by atoms with Crippen molar-refractivity contribution >= 4 is 23.6 Å². The standard InChI is InChI=1S/C18H17ClN2O/c19-16-8-6-15(7-9-16)17-4-2-12-21(17)18(22)10-5-14-3-1-11-20-13-14/h1,3,5-11,13,17H,2,4,12H2/b10-5+/t17-/m1/s1. The number of hydrogen-bond donors (Lipinski definition) is 0. The number of aromatic nitrogens is 1. The lowest BCUT2D eigenvalue weighted by Crippen LogP contribution is -2.28. The van der Waals surface area contributed by atoms with Gasteiger partial charge in [-0.2, -0.15) is 0 Å². The van der Waals surface area contributed by atoms with Gasteiger partial charge in [0.15, 0.2) is 0 Å². The Hall–Kier alpha value is -2.13. The molecule has 1 aromatic heterocycles. The first-order chi connectivity index (χ1) is 10.7. The van der Waals surface area contributed by atoms with Gasteiger partial charge in [0.1, 0.15) is 0 Å². The van der Waals surface area contributed by atoms with Gasteiger partial charge in [-0.3, -0.25) is 9.78 Å². The van der Waals surface area contributed by atoms with Crippen LogP contribution in [0.2, 0.25) is 5.02 Å². The summed E-state index contributed by atoms with van der Waals surface area (Å²) in [6.45, 7) is 0.795. The van der Waals surface area contributed by atoms with Crippen LogP contribution in [0, 0.1) is 0 Å². The molecule has 0 radical (unpaired) electrons. The van der Waals surface area contributed by atoms with Crippen LogP contribution in [0.4, 0.5) is 0 Å². The maximum atomic E-state index is 12.5. The minimum Gasteiger partial charge on any atom is -0.332 e. The molecule has 1 amide bonds. The molecule has 1 saturated heterocycles. The molecule has 0 aliphatic carbocycles. The summed E-state index contributed by atoms with van der Waals surface area (Å²) in [6.07, 6.45) is 8.92. The molecule has 0 spiro atoms. The van der Waals surface area contributed by atoms with Crippen molar-refractivity contribution < 1.29 is 4.79 Å². The van der Waals surface area contributed by atoms with Crippen molar-refractivity contribution in [2.75, 3.05) is 6.54 Å². The fourth-order valence-corrected chi connectivity index (χ4v) is 2.93. The highest BCUT2D eigenvalue weighted by atomic mass is 35.5. The van der Waals surface area contributed by atoms with Gasteiger partial charge in [-0.15, -0.1) is 0 Å². The van der Waals surface area contributed by atoms with Crippen molar-refractivity contribution in [3.05, 3.63) is 71.0 Å². The van der Waals surface area contributed by atoms with E-state index in [2.05, 4.69) is 4.98 Å². The maximum absolute atomic E-state index is 12.5. The summed E-state index contributed by atoms with van der Waals surface area (Å²) in [5.41, 5.74) is 2.07. The van der Waals surface area contributed by atoms with Crippen LogP contribution in [-0.2, 0) is 4.79 Å². The van der Waals surface area contributed by atoms with E-state index in [9.17, 15) is 4.79 Å². The molecule has 0 saturated carbocycles. The number of halogens is 1. The zero-order valence-electron chi connectivity index (χ0n) is 12.2. The van der Waals surface area contributed by atoms with Gasteiger partial charge in [-0.05, 0) is 48.2 Å². The van der Waals surface area contributed by atoms with Crippen LogP contribution in [0.5, 0.6) is 0 Å². The molecule has 3 nitrogen and oxygen atoms in total. The van der Waals surface area contributed by atoms with E-state index in [4.69, 9.17) is 11.6 Å². The summed E-state index contributed by atoms with van der Waals surface area (Å²) in [5, 5.41) is 0.719. The Kier molecular flexibility index (Phi) is 4.54. The second-order valence-electron chi connectivity index (χ2n) is 5.36. The number of hydrogen-bond acceptors (Lipinski definition) is 2. The lowest BCUT2D eigenvalue weighted by atomic mass is 10.0. The largest absolute Gasteiger partial charge is 0.332 e. The number of carbonyl (C=O) groups is 1. The molecule has 2 aromatic rings. The van der Waals surface area contributed by atoms with Gasteiger partial charge < -0.3 is 4.90 Å². The number of benzene rings is 1. The zero-order valence-corrected chi connectivity index (χ0v) is 12.9. The van der Waals surface area contributed by atoms with Gasteiger partial charge in [0.05, 0.1) is 6.04 Å². The van der Waals surface area contributed by atoms with Crippen LogP contribution in [0.3, 0.4) is 0 Å². The molecule has 4 heteroatoms. The highest BCUT2D eigenvalue weighted by molar-refractivity contribution is 6.30. The molecular weight excluding hydrogens is 296 g/mol. The van der Waals surface area contributed by atoms with Crippen molar-refractivity contribution in [3.8, 4) is 0 Å². The predicted molar refractivity (Wildman–Crippen MR) is 88.4 cm³/mol. The van der Waals surface area contributed by atoms with E-state index in [-0.39, 0.29) is 11.9 Å². The summed E-state index contributed by atoms with van der Waals surface area (Å²) in [4.78, 5) is 18.4. The summed E-state index contributed by atoms with van der Waals surface area (Å²) in [6, 6.07) is 11.7. The minimum atomic E-state index is 0.0429. The first-order valence-electron chi connectivity index (χ1n) is 7.38. The second kappa shape index (κ2) is 6.75. The van der Waals surface area contributed by atoms with Crippen LogP contribution in [-0.4, -0.2) is 22.3 Å². The fourth-order valence-electron chi connectivity index (χ4n) is 2.80. The molecular formula is C18H17ClN2O. The summed E-state index contributed by atoms with van der Waals surface area (Å²) in [5.74, 6) is 0.0429. The highest BCUT2D eigenvalue weighted by Gasteiger charge is 2.28. The van der Waals surface area contributed by atoms with E-state index in [1.54, 1.807) is 18.5 Å². The van der Waals surface area contributed by atoms with Crippen molar-refractivity contribution in [1.82, 2.24) is 9.88 Å². The number of amides is 1. The monoisotopic (exact) mass is 312 g/mol. The van der Waals surface area contributed by atoms with Crippen LogP contribution >= 0.6 is 11.6 Å². The lowest BCUT2D eigenvalue weighted by molar-refractivity contribution is -0.126. The Bertz CT molecular complexity index is 667. The van der Waals surface area contributed by atoms with Gasteiger partial charge in [0, 0.05) is 30.0 Å². The number of likely N-dealkylation sites (tertiary alicyclic amines) is 1. The number of pyridine rings is 1. The van der Waals surface area contributed by atoms with Gasteiger partial charge in [0.25, 0.3) is 0 Å². The van der Waals surface area contributed by atoms with E-state index in [0.29, 0.717) is 0 Å². The SMILES string of the molecule is O=C(/C=C/c1cccnc1)N1CCC[C@@H]1c1ccc(Cl)cc1. The molecule has 1 aliphatic rings. The van der Waals surface area contributed by atoms with Crippen LogP contribution in [0.15, 0.2) is 54.9 Å². The molecule has 0 bridgehead atoms. The highest BCUT2D eigenvalue weighted by Crippen LogP contribution is 2.32. The first kappa shape index (κ1) is 14.8. The summed E-state index contributed by atoms with van der Waals surface area (Å²) < 4.78 is 0. The fraction of sp³-hybridized carbons (Fsp3) is 0.222. The third kappa shape index (κ3) is 3.37. The Balaban J connectivity index is 1.74. The predicted octanol–water partition coefficient (Wildman–Crippen LogP) is 4.11. The van der Waals surface area contributed by atoms with Crippen molar-refractivity contribution in [1.29, 1.82) is 0 Å². The Morgan fingerprint density at radius 1 is 1.27 bits per heavy atom. The molecule has 1 aliphatic heterocycles. The molecule has 112 valence electrons. The Morgan fingerprint density at radius 2 is 2.09 bits per heavy atom. The first-order valence-corrected chi connectivity index (χ1v) is 7.76. The smallest absolute Gasteiger partial charge is 0.247 e. The number of carbonyl (C=O) groups excluding carboxylic acids is 1. The number of rotatable bonds is 3. The van der Waals surface area contributed by atoms with Gasteiger partial charge in [-0.1, -0.05) is 29.8 Å². The molecule has 22 heavy (non-hydrogen) atoms. The molecule has 2 heterocycles. The molecule has 1 fully saturated rings. The van der Waals surface area contributed by atoms with E-state index in [1.165, 1.54) is 0 Å². The third-order valence-electron chi connectivity index (χ3n) is 3.89. The van der Waals surface area contributed by atoms with Crippen LogP contribution in [0.25, 0.3) is 6.08 Å². The minimum absolute atomic E-state index is 0.0429. The van der Waals surface area contributed by atoms with E-state index < -0.39 is 0 Å². The van der Waals surface area contributed by atoms with Gasteiger partial charge in [0.2, 0.25) is 5.91 Å². The quantitative estimate of drug-likeness (QED) is 0.799. The maximum Gasteiger partial charge on any atom is 0.247 e. The van der Waals surface area contributed by atoms with Gasteiger partial charge >= 0.3 is 0 Å². The molecule has 0 N–H and O–H groups in total. The summed E-state index contributed by atoms with van der Waals surface area (Å²) >= 11 is 5.94. The van der Waals surface area contributed by atoms with Crippen molar-refractivity contribution in [2.24, 2.45) is 0 Å². The van der Waals surface area contributed by atoms with Crippen molar-refractivity contribution in [3.63, 3.8) is 0 Å². The lowest BCUT2D eigenvalue weighted by Gasteiger charge is -2.24. The van der Waals surface area contributed by atoms with E-state index in [0.717, 1.165) is 35.5 Å². The molecule has 1 atom stereocenters.